The van der Waals surface area contributed by atoms with E-state index in [1.807, 2.05) is 30.0 Å². The normalized spacial score (nSPS) is 20.7. The Balaban J connectivity index is 1.95. The van der Waals surface area contributed by atoms with Crippen LogP contribution >= 0.6 is 0 Å². The Morgan fingerprint density at radius 1 is 1.39 bits per heavy atom. The van der Waals surface area contributed by atoms with Crippen LogP contribution in [0.3, 0.4) is 0 Å². The van der Waals surface area contributed by atoms with Crippen LogP contribution in [-0.4, -0.2) is 36.1 Å². The smallest absolute Gasteiger partial charge is 0.414 e. The SMILES string of the molecule is Cc1ccc2c(c1)N1C(=O)OC[C@@H]1CCN(C(=O)CC(C)C)C2. The quantitative estimate of drug-likeness (QED) is 0.842. The van der Waals surface area contributed by atoms with Crippen LogP contribution in [0, 0.1) is 12.8 Å². The second-order valence-electron chi connectivity index (χ2n) is 6.93. The van der Waals surface area contributed by atoms with Crippen LogP contribution in [0.4, 0.5) is 10.5 Å². The minimum absolute atomic E-state index is 0.0118. The molecule has 1 atom stereocenters. The molecule has 0 N–H and O–H groups in total. The molecule has 0 spiro atoms. The maximum absolute atomic E-state index is 12.5. The predicted octanol–water partition coefficient (Wildman–Crippen LogP) is 3.10. The number of rotatable bonds is 2. The summed E-state index contributed by atoms with van der Waals surface area (Å²) in [7, 11) is 0. The van der Waals surface area contributed by atoms with Gasteiger partial charge in [0, 0.05) is 19.5 Å². The zero-order chi connectivity index (χ0) is 16.6. The van der Waals surface area contributed by atoms with E-state index in [4.69, 9.17) is 4.74 Å². The number of carbonyl (C=O) groups is 2. The van der Waals surface area contributed by atoms with Crippen molar-refractivity contribution in [3.05, 3.63) is 29.3 Å². The Labute approximate surface area is 137 Å². The van der Waals surface area contributed by atoms with Crippen LogP contribution in [0.2, 0.25) is 0 Å². The van der Waals surface area contributed by atoms with Crippen molar-refractivity contribution in [2.45, 2.75) is 46.2 Å². The van der Waals surface area contributed by atoms with Gasteiger partial charge in [0.2, 0.25) is 5.91 Å². The molecule has 0 saturated carbocycles. The maximum atomic E-state index is 12.5. The van der Waals surface area contributed by atoms with Gasteiger partial charge in [0.25, 0.3) is 0 Å². The molecule has 5 heteroatoms. The van der Waals surface area contributed by atoms with Crippen LogP contribution in [0.1, 0.15) is 37.8 Å². The highest BCUT2D eigenvalue weighted by atomic mass is 16.6. The predicted molar refractivity (Wildman–Crippen MR) is 88.3 cm³/mol. The fourth-order valence-electron chi connectivity index (χ4n) is 3.28. The average Bonchev–Trinajstić information content (AvgIpc) is 2.82. The lowest BCUT2D eigenvalue weighted by atomic mass is 10.0. The summed E-state index contributed by atoms with van der Waals surface area (Å²) in [6.07, 6.45) is 1.04. The molecule has 3 rings (SSSR count). The highest BCUT2D eigenvalue weighted by Gasteiger charge is 2.37. The van der Waals surface area contributed by atoms with E-state index in [0.29, 0.717) is 32.0 Å². The zero-order valence-electron chi connectivity index (χ0n) is 14.0. The van der Waals surface area contributed by atoms with Crippen LogP contribution in [-0.2, 0) is 16.1 Å². The lowest BCUT2D eigenvalue weighted by Crippen LogP contribution is -2.42. The largest absolute Gasteiger partial charge is 0.447 e. The molecule has 23 heavy (non-hydrogen) atoms. The van der Waals surface area contributed by atoms with E-state index < -0.39 is 0 Å². The molecule has 1 aromatic carbocycles. The molecule has 1 aromatic rings. The first-order chi connectivity index (χ1) is 11.0. The number of fused-ring (bicyclic) bond motifs is 3. The second-order valence-corrected chi connectivity index (χ2v) is 6.93. The van der Waals surface area contributed by atoms with Crippen molar-refractivity contribution in [2.24, 2.45) is 5.92 Å². The number of aryl methyl sites for hydroxylation is 1. The summed E-state index contributed by atoms with van der Waals surface area (Å²) < 4.78 is 5.25. The molecule has 2 aliphatic heterocycles. The minimum Gasteiger partial charge on any atom is -0.447 e. The van der Waals surface area contributed by atoms with Crippen molar-refractivity contribution in [2.75, 3.05) is 18.1 Å². The molecule has 2 aliphatic rings. The topological polar surface area (TPSA) is 49.9 Å². The van der Waals surface area contributed by atoms with Gasteiger partial charge in [-0.3, -0.25) is 9.69 Å². The Hall–Kier alpha value is -2.04. The molecule has 2 heterocycles. The van der Waals surface area contributed by atoms with Gasteiger partial charge in [-0.1, -0.05) is 26.0 Å². The number of nitrogens with zero attached hydrogens (tertiary/aromatic N) is 2. The minimum atomic E-state index is -0.274. The Morgan fingerprint density at radius 3 is 2.91 bits per heavy atom. The average molecular weight is 316 g/mol. The fraction of sp³-hybridized carbons (Fsp3) is 0.556. The molecule has 0 aromatic heterocycles. The monoisotopic (exact) mass is 316 g/mol. The Morgan fingerprint density at radius 2 is 2.17 bits per heavy atom. The number of hydrogen-bond acceptors (Lipinski definition) is 3. The third-order valence-corrected chi connectivity index (χ3v) is 4.49. The third-order valence-electron chi connectivity index (χ3n) is 4.49. The molecule has 0 unspecified atom stereocenters. The number of benzene rings is 1. The Kier molecular flexibility index (Phi) is 4.28. The number of hydrogen-bond donors (Lipinski definition) is 0. The molecular formula is C18H24N2O3. The van der Waals surface area contributed by atoms with Gasteiger partial charge in [0.15, 0.2) is 0 Å². The maximum Gasteiger partial charge on any atom is 0.414 e. The van der Waals surface area contributed by atoms with Gasteiger partial charge < -0.3 is 9.64 Å². The lowest BCUT2D eigenvalue weighted by molar-refractivity contribution is -0.132. The summed E-state index contributed by atoms with van der Waals surface area (Å²) in [6.45, 7) is 7.75. The van der Waals surface area contributed by atoms with Crippen LogP contribution < -0.4 is 4.90 Å². The van der Waals surface area contributed by atoms with Gasteiger partial charge in [-0.05, 0) is 36.5 Å². The van der Waals surface area contributed by atoms with E-state index in [0.717, 1.165) is 23.2 Å². The third kappa shape index (κ3) is 3.19. The van der Waals surface area contributed by atoms with E-state index in [9.17, 15) is 9.59 Å². The van der Waals surface area contributed by atoms with E-state index >= 15 is 0 Å². The van der Waals surface area contributed by atoms with Gasteiger partial charge in [-0.2, -0.15) is 0 Å². The zero-order valence-corrected chi connectivity index (χ0v) is 14.0. The van der Waals surface area contributed by atoms with Crippen LogP contribution in [0.25, 0.3) is 0 Å². The summed E-state index contributed by atoms with van der Waals surface area (Å²) >= 11 is 0. The number of carbonyl (C=O) groups excluding carboxylic acids is 2. The highest BCUT2D eigenvalue weighted by Crippen LogP contribution is 2.32. The van der Waals surface area contributed by atoms with Crippen molar-refractivity contribution in [1.29, 1.82) is 0 Å². The number of amides is 2. The van der Waals surface area contributed by atoms with Gasteiger partial charge >= 0.3 is 6.09 Å². The van der Waals surface area contributed by atoms with Gasteiger partial charge in [-0.25, -0.2) is 4.79 Å². The van der Waals surface area contributed by atoms with Crippen molar-refractivity contribution < 1.29 is 14.3 Å². The summed E-state index contributed by atoms with van der Waals surface area (Å²) in [4.78, 5) is 28.3. The second kappa shape index (κ2) is 6.22. The van der Waals surface area contributed by atoms with Gasteiger partial charge in [0.05, 0.1) is 11.7 Å². The molecule has 1 saturated heterocycles. The molecule has 2 amide bonds. The number of cyclic esters (lactones) is 1. The van der Waals surface area contributed by atoms with Crippen LogP contribution in [0.5, 0.6) is 0 Å². The summed E-state index contributed by atoms with van der Waals surface area (Å²) in [5.74, 6) is 0.531. The van der Waals surface area contributed by atoms with Crippen molar-refractivity contribution in [3.63, 3.8) is 0 Å². The first-order valence-electron chi connectivity index (χ1n) is 8.29. The first kappa shape index (κ1) is 15.8. The Bertz CT molecular complexity index is 627. The summed E-state index contributed by atoms with van der Waals surface area (Å²) in [5.41, 5.74) is 3.00. The van der Waals surface area contributed by atoms with Crippen LogP contribution in [0.15, 0.2) is 18.2 Å². The molecular weight excluding hydrogens is 292 g/mol. The van der Waals surface area contributed by atoms with E-state index in [-0.39, 0.29) is 18.0 Å². The summed E-state index contributed by atoms with van der Waals surface area (Å²) in [5, 5.41) is 0. The molecule has 1 fully saturated rings. The number of ether oxygens (including phenoxy) is 1. The van der Waals surface area contributed by atoms with Crippen molar-refractivity contribution in [1.82, 2.24) is 4.90 Å². The molecule has 124 valence electrons. The van der Waals surface area contributed by atoms with Crippen molar-refractivity contribution >= 4 is 17.7 Å². The molecule has 0 aliphatic carbocycles. The standard InChI is InChI=1S/C18H24N2O3/c1-12(2)8-17(21)19-7-6-15-11-23-18(22)20(15)16-9-13(3)4-5-14(16)10-19/h4-5,9,12,15H,6-8,10-11H2,1-3H3/t15-/m0/s1. The first-order valence-corrected chi connectivity index (χ1v) is 8.29. The van der Waals surface area contributed by atoms with Gasteiger partial charge in [0.1, 0.15) is 6.61 Å². The lowest BCUT2D eigenvalue weighted by Gasteiger charge is -2.33. The molecule has 0 bridgehead atoms. The fourth-order valence-corrected chi connectivity index (χ4v) is 3.28. The number of anilines is 1. The van der Waals surface area contributed by atoms with E-state index in [1.165, 1.54) is 0 Å². The van der Waals surface area contributed by atoms with E-state index in [2.05, 4.69) is 13.8 Å². The molecule has 0 radical (unpaired) electrons. The highest BCUT2D eigenvalue weighted by molar-refractivity contribution is 5.91. The van der Waals surface area contributed by atoms with Gasteiger partial charge in [-0.15, -0.1) is 0 Å². The van der Waals surface area contributed by atoms with E-state index in [1.54, 1.807) is 4.90 Å². The summed E-state index contributed by atoms with van der Waals surface area (Å²) in [6, 6.07) is 6.08. The molecule has 5 nitrogen and oxygen atoms in total. The van der Waals surface area contributed by atoms with Crippen molar-refractivity contribution in [3.8, 4) is 0 Å².